The van der Waals surface area contributed by atoms with Crippen molar-refractivity contribution in [3.05, 3.63) is 29.8 Å². The van der Waals surface area contributed by atoms with Gasteiger partial charge in [0.25, 0.3) is 0 Å². The van der Waals surface area contributed by atoms with E-state index in [9.17, 15) is 4.79 Å². The van der Waals surface area contributed by atoms with Gasteiger partial charge >= 0.3 is 11.9 Å². The van der Waals surface area contributed by atoms with Crippen LogP contribution in [-0.4, -0.2) is 27.3 Å². The topological polar surface area (TPSA) is 87.0 Å². The van der Waals surface area contributed by atoms with Crippen LogP contribution < -0.4 is 0 Å². The summed E-state index contributed by atoms with van der Waals surface area (Å²) in [6.45, 7) is 1.46. The van der Waals surface area contributed by atoms with E-state index in [-0.39, 0.29) is 17.7 Å². The molecule has 5 nitrogen and oxygen atoms in total. The molecular weight excluding hydrogens is 200 g/mol. The van der Waals surface area contributed by atoms with Crippen molar-refractivity contribution in [3.63, 3.8) is 0 Å². The highest BCUT2D eigenvalue weighted by Gasteiger charge is 2.26. The molecule has 0 heterocycles. The Balaban J connectivity index is 2.74. The fraction of sp³-hybridized carbons (Fsp3) is 0.300. The molecule has 15 heavy (non-hydrogen) atoms. The van der Waals surface area contributed by atoms with Gasteiger partial charge in [0.1, 0.15) is 5.75 Å². The van der Waals surface area contributed by atoms with Crippen LogP contribution in [0, 0.1) is 0 Å². The first-order chi connectivity index (χ1) is 6.94. The minimum absolute atomic E-state index is 0.0151. The molecule has 0 atom stereocenters. The normalized spacial score (nSPS) is 11.1. The molecule has 0 saturated carbocycles. The van der Waals surface area contributed by atoms with Gasteiger partial charge in [0, 0.05) is 6.42 Å². The third-order valence-electron chi connectivity index (χ3n) is 1.82. The second-order valence-electron chi connectivity index (χ2n) is 3.03. The number of esters is 1. The van der Waals surface area contributed by atoms with Gasteiger partial charge in [-0.2, -0.15) is 0 Å². The third kappa shape index (κ3) is 3.23. The molecule has 1 rings (SSSR count). The van der Waals surface area contributed by atoms with Crippen molar-refractivity contribution in [1.82, 2.24) is 0 Å². The fourth-order valence-electron chi connectivity index (χ4n) is 0.877. The lowest BCUT2D eigenvalue weighted by molar-refractivity contribution is -0.308. The summed E-state index contributed by atoms with van der Waals surface area (Å²) in [5.41, 5.74) is 0.133. The lowest BCUT2D eigenvalue weighted by atomic mass is 10.2. The van der Waals surface area contributed by atoms with E-state index in [0.29, 0.717) is 0 Å². The van der Waals surface area contributed by atoms with E-state index >= 15 is 0 Å². The number of aromatic hydroxyl groups is 1. The second-order valence-corrected chi connectivity index (χ2v) is 3.03. The van der Waals surface area contributed by atoms with Crippen molar-refractivity contribution in [1.29, 1.82) is 0 Å². The van der Waals surface area contributed by atoms with Crippen molar-refractivity contribution in [2.45, 2.75) is 19.3 Å². The Bertz CT molecular complexity index is 341. The van der Waals surface area contributed by atoms with Gasteiger partial charge in [-0.3, -0.25) is 0 Å². The maximum absolute atomic E-state index is 11.3. The molecule has 0 aromatic heterocycles. The Morgan fingerprint density at radius 3 is 2.33 bits per heavy atom. The summed E-state index contributed by atoms with van der Waals surface area (Å²) >= 11 is 0. The maximum atomic E-state index is 11.3. The Kier molecular flexibility index (Phi) is 3.28. The van der Waals surface area contributed by atoms with Crippen molar-refractivity contribution in [2.24, 2.45) is 0 Å². The number of carbonyl (C=O) groups is 1. The standard InChI is InChI=1S/C10H12O5/c1-2-10(13,14)15-9(12)7-3-5-8(11)6-4-7/h3-6,11,13-14H,2H2,1H3. The Morgan fingerprint density at radius 1 is 1.33 bits per heavy atom. The van der Waals surface area contributed by atoms with Crippen LogP contribution in [0.15, 0.2) is 24.3 Å². The van der Waals surface area contributed by atoms with Gasteiger partial charge in [-0.1, -0.05) is 6.92 Å². The van der Waals surface area contributed by atoms with E-state index in [2.05, 4.69) is 4.74 Å². The molecule has 0 bridgehead atoms. The number of rotatable bonds is 3. The Labute approximate surface area is 86.5 Å². The number of hydrogen-bond donors (Lipinski definition) is 3. The first-order valence-corrected chi connectivity index (χ1v) is 4.42. The summed E-state index contributed by atoms with van der Waals surface area (Å²) in [5, 5.41) is 27.1. The molecule has 0 fully saturated rings. The molecule has 0 aliphatic rings. The van der Waals surface area contributed by atoms with Crippen molar-refractivity contribution in [3.8, 4) is 5.75 Å². The van der Waals surface area contributed by atoms with Gasteiger partial charge in [-0.25, -0.2) is 4.79 Å². The van der Waals surface area contributed by atoms with Gasteiger partial charge < -0.3 is 20.1 Å². The van der Waals surface area contributed by atoms with Crippen LogP contribution in [0.4, 0.5) is 0 Å². The van der Waals surface area contributed by atoms with Crippen molar-refractivity contribution >= 4 is 5.97 Å². The first kappa shape index (κ1) is 11.5. The molecule has 5 heteroatoms. The molecule has 0 spiro atoms. The molecule has 1 aromatic carbocycles. The largest absolute Gasteiger partial charge is 0.508 e. The Morgan fingerprint density at radius 2 is 1.87 bits per heavy atom. The fourth-order valence-corrected chi connectivity index (χ4v) is 0.877. The van der Waals surface area contributed by atoms with Gasteiger partial charge in [0.2, 0.25) is 0 Å². The predicted molar refractivity (Wildman–Crippen MR) is 51.0 cm³/mol. The number of phenolic OH excluding ortho intramolecular Hbond substituents is 1. The Hall–Kier alpha value is -1.59. The number of carbonyl (C=O) groups excluding carboxylic acids is 1. The van der Waals surface area contributed by atoms with Gasteiger partial charge in [0.15, 0.2) is 0 Å². The molecule has 0 amide bonds. The highest BCUT2D eigenvalue weighted by Crippen LogP contribution is 2.14. The minimum atomic E-state index is -2.45. The second kappa shape index (κ2) is 4.29. The van der Waals surface area contributed by atoms with Gasteiger partial charge in [-0.05, 0) is 24.3 Å². The van der Waals surface area contributed by atoms with Crippen LogP contribution in [0.3, 0.4) is 0 Å². The maximum Gasteiger partial charge on any atom is 0.342 e. The number of phenols is 1. The molecule has 1 aromatic rings. The van der Waals surface area contributed by atoms with E-state index in [1.165, 1.54) is 31.2 Å². The smallest absolute Gasteiger partial charge is 0.342 e. The summed E-state index contributed by atoms with van der Waals surface area (Å²) in [6.07, 6.45) is -0.128. The molecule has 0 saturated heterocycles. The lowest BCUT2D eigenvalue weighted by Gasteiger charge is -2.19. The molecule has 3 N–H and O–H groups in total. The van der Waals surface area contributed by atoms with E-state index in [0.717, 1.165) is 0 Å². The third-order valence-corrected chi connectivity index (χ3v) is 1.82. The average molecular weight is 212 g/mol. The monoisotopic (exact) mass is 212 g/mol. The number of benzene rings is 1. The van der Waals surface area contributed by atoms with Crippen LogP contribution in [-0.2, 0) is 4.74 Å². The zero-order valence-electron chi connectivity index (χ0n) is 8.17. The molecular formula is C10H12O5. The number of ether oxygens (including phenoxy) is 1. The average Bonchev–Trinajstić information content (AvgIpc) is 2.18. The molecule has 0 radical (unpaired) electrons. The van der Waals surface area contributed by atoms with E-state index in [1.54, 1.807) is 0 Å². The van der Waals surface area contributed by atoms with E-state index in [1.807, 2.05) is 0 Å². The van der Waals surface area contributed by atoms with E-state index < -0.39 is 11.9 Å². The summed E-state index contributed by atoms with van der Waals surface area (Å²) in [5.74, 6) is -3.29. The molecule has 82 valence electrons. The summed E-state index contributed by atoms with van der Waals surface area (Å²) < 4.78 is 4.40. The van der Waals surface area contributed by atoms with Crippen molar-refractivity contribution < 1.29 is 24.9 Å². The van der Waals surface area contributed by atoms with Crippen molar-refractivity contribution in [2.75, 3.05) is 0 Å². The quantitative estimate of drug-likeness (QED) is 0.504. The van der Waals surface area contributed by atoms with Crippen LogP contribution in [0.5, 0.6) is 5.75 Å². The number of hydrogen-bond acceptors (Lipinski definition) is 5. The highest BCUT2D eigenvalue weighted by molar-refractivity contribution is 5.89. The summed E-state index contributed by atoms with van der Waals surface area (Å²) in [6, 6.07) is 5.25. The van der Waals surface area contributed by atoms with Crippen LogP contribution >= 0.6 is 0 Å². The molecule has 0 aliphatic carbocycles. The number of aliphatic hydroxyl groups is 2. The minimum Gasteiger partial charge on any atom is -0.508 e. The first-order valence-electron chi connectivity index (χ1n) is 4.42. The summed E-state index contributed by atoms with van der Waals surface area (Å²) in [4.78, 5) is 11.3. The molecule has 0 unspecified atom stereocenters. The van der Waals surface area contributed by atoms with Crippen LogP contribution in [0.2, 0.25) is 0 Å². The predicted octanol–water partition coefficient (Wildman–Crippen LogP) is 0.597. The highest BCUT2D eigenvalue weighted by atomic mass is 16.8. The van der Waals surface area contributed by atoms with Gasteiger partial charge in [0.05, 0.1) is 5.56 Å². The molecule has 0 aliphatic heterocycles. The SMILES string of the molecule is CCC(O)(O)OC(=O)c1ccc(O)cc1. The zero-order valence-corrected chi connectivity index (χ0v) is 8.17. The zero-order chi connectivity index (χ0) is 11.5. The van der Waals surface area contributed by atoms with Crippen LogP contribution in [0.25, 0.3) is 0 Å². The lowest BCUT2D eigenvalue weighted by Crippen LogP contribution is -2.33. The van der Waals surface area contributed by atoms with Crippen LogP contribution in [0.1, 0.15) is 23.7 Å². The van der Waals surface area contributed by atoms with Gasteiger partial charge in [-0.15, -0.1) is 0 Å². The van der Waals surface area contributed by atoms with E-state index in [4.69, 9.17) is 15.3 Å². The summed E-state index contributed by atoms with van der Waals surface area (Å²) in [7, 11) is 0.